The fourth-order valence-electron chi connectivity index (χ4n) is 1.68. The Morgan fingerprint density at radius 1 is 1.47 bits per heavy atom. The molecule has 8 heteroatoms. The van der Waals surface area contributed by atoms with Crippen molar-refractivity contribution >= 4 is 32.0 Å². The average molecular weight is 329 g/mol. The first kappa shape index (κ1) is 14.7. The third-order valence-electron chi connectivity index (χ3n) is 2.51. The summed E-state index contributed by atoms with van der Waals surface area (Å²) >= 11 is 2.92. The van der Waals surface area contributed by atoms with Crippen LogP contribution in [0.4, 0.5) is 4.79 Å². The Bertz CT molecular complexity index is 352. The van der Waals surface area contributed by atoms with Crippen molar-refractivity contribution in [1.29, 1.82) is 0 Å². The quantitative estimate of drug-likeness (QED) is 0.777. The van der Waals surface area contributed by atoms with Gasteiger partial charge in [0.25, 0.3) is 0 Å². The Morgan fingerprint density at radius 3 is 2.53 bits per heavy atom. The van der Waals surface area contributed by atoms with E-state index in [2.05, 4.69) is 20.7 Å². The summed E-state index contributed by atoms with van der Waals surface area (Å²) in [5.74, 6) is 0. The molecule has 1 aliphatic heterocycles. The van der Waals surface area contributed by atoms with E-state index in [4.69, 9.17) is 4.74 Å². The Labute approximate surface area is 110 Å². The first-order chi connectivity index (χ1) is 7.98. The smallest absolute Gasteiger partial charge is 0.409 e. The zero-order chi connectivity index (χ0) is 12.9. The van der Waals surface area contributed by atoms with Crippen molar-refractivity contribution in [3.8, 4) is 0 Å². The van der Waals surface area contributed by atoms with Crippen molar-refractivity contribution < 1.29 is 17.9 Å². The normalized spacial score (nSPS) is 18.1. The number of likely N-dealkylation sites (tertiary alicyclic amines) is 1. The molecule has 1 fully saturated rings. The van der Waals surface area contributed by atoms with E-state index in [1.807, 2.05) is 0 Å². The van der Waals surface area contributed by atoms with Crippen LogP contribution in [0.2, 0.25) is 0 Å². The molecule has 0 atom stereocenters. The van der Waals surface area contributed by atoms with Crippen LogP contribution in [0.25, 0.3) is 0 Å². The molecule has 1 aliphatic rings. The minimum Gasteiger partial charge on any atom is -0.450 e. The van der Waals surface area contributed by atoms with Gasteiger partial charge in [-0.25, -0.2) is 17.9 Å². The van der Waals surface area contributed by atoms with Gasteiger partial charge in [0.1, 0.15) is 4.66 Å². The number of carbonyl (C=O) groups is 1. The first-order valence-corrected chi connectivity index (χ1v) is 8.23. The van der Waals surface area contributed by atoms with Crippen LogP contribution < -0.4 is 4.72 Å². The van der Waals surface area contributed by atoms with E-state index < -0.39 is 10.0 Å². The SMILES string of the molecule is CCOC(=O)N1CCC(NS(=O)(=O)CBr)CC1. The van der Waals surface area contributed by atoms with Gasteiger partial charge in [0.2, 0.25) is 10.0 Å². The van der Waals surface area contributed by atoms with Gasteiger partial charge >= 0.3 is 6.09 Å². The summed E-state index contributed by atoms with van der Waals surface area (Å²) in [5, 5.41) is 0. The molecule has 0 aromatic rings. The number of rotatable bonds is 4. The highest BCUT2D eigenvalue weighted by molar-refractivity contribution is 9.10. The van der Waals surface area contributed by atoms with Crippen LogP contribution >= 0.6 is 15.9 Å². The molecule has 0 aromatic carbocycles. The van der Waals surface area contributed by atoms with Gasteiger partial charge in [-0.3, -0.25) is 0 Å². The lowest BCUT2D eigenvalue weighted by atomic mass is 10.1. The van der Waals surface area contributed by atoms with Crippen LogP contribution in [0, 0.1) is 0 Å². The third-order valence-corrected chi connectivity index (χ3v) is 5.30. The van der Waals surface area contributed by atoms with Crippen LogP contribution in [0.1, 0.15) is 19.8 Å². The highest BCUT2D eigenvalue weighted by atomic mass is 79.9. The van der Waals surface area contributed by atoms with Crippen molar-refractivity contribution in [2.75, 3.05) is 24.4 Å². The molecule has 0 spiro atoms. The molecule has 100 valence electrons. The second-order valence-electron chi connectivity index (χ2n) is 3.80. The number of nitrogens with zero attached hydrogens (tertiary/aromatic N) is 1. The number of nitrogens with one attached hydrogen (secondary N) is 1. The van der Waals surface area contributed by atoms with Crippen LogP contribution in [-0.2, 0) is 14.8 Å². The Morgan fingerprint density at radius 2 is 2.06 bits per heavy atom. The summed E-state index contributed by atoms with van der Waals surface area (Å²) in [7, 11) is -3.24. The zero-order valence-corrected chi connectivity index (χ0v) is 12.1. The maximum absolute atomic E-state index is 11.4. The predicted molar refractivity (Wildman–Crippen MR) is 67.5 cm³/mol. The number of amides is 1. The van der Waals surface area contributed by atoms with Gasteiger partial charge < -0.3 is 9.64 Å². The minimum absolute atomic E-state index is 0.0942. The largest absolute Gasteiger partial charge is 0.450 e. The van der Waals surface area contributed by atoms with Crippen LogP contribution in [0.3, 0.4) is 0 Å². The van der Waals surface area contributed by atoms with Gasteiger partial charge in [0, 0.05) is 19.1 Å². The second-order valence-corrected chi connectivity index (χ2v) is 6.86. The standard InChI is InChI=1S/C9H17BrN2O4S/c1-2-16-9(13)12-5-3-8(4-6-12)11-17(14,15)7-10/h8,11H,2-7H2,1H3. The summed E-state index contributed by atoms with van der Waals surface area (Å²) in [5.41, 5.74) is 0. The number of alkyl halides is 1. The van der Waals surface area contributed by atoms with Gasteiger partial charge in [-0.05, 0) is 19.8 Å². The summed E-state index contributed by atoms with van der Waals surface area (Å²) in [6.07, 6.45) is 0.908. The number of hydrogen-bond acceptors (Lipinski definition) is 4. The Kier molecular flexibility index (Phi) is 5.68. The number of piperidine rings is 1. The Hall–Kier alpha value is -0.340. The molecular weight excluding hydrogens is 312 g/mol. The van der Waals surface area contributed by atoms with Crippen LogP contribution in [0.5, 0.6) is 0 Å². The highest BCUT2D eigenvalue weighted by Crippen LogP contribution is 2.12. The zero-order valence-electron chi connectivity index (χ0n) is 9.69. The second kappa shape index (κ2) is 6.55. The lowest BCUT2D eigenvalue weighted by Crippen LogP contribution is -2.46. The van der Waals surface area contributed by atoms with E-state index in [0.29, 0.717) is 32.5 Å². The topological polar surface area (TPSA) is 75.7 Å². The van der Waals surface area contributed by atoms with Crippen molar-refractivity contribution in [2.24, 2.45) is 0 Å². The number of sulfonamides is 1. The molecule has 6 nitrogen and oxygen atoms in total. The van der Waals surface area contributed by atoms with E-state index in [9.17, 15) is 13.2 Å². The Balaban J connectivity index is 2.38. The maximum Gasteiger partial charge on any atom is 0.409 e. The van der Waals surface area contributed by atoms with Crippen molar-refractivity contribution in [3.05, 3.63) is 0 Å². The number of hydrogen-bond donors (Lipinski definition) is 1. The van der Waals surface area contributed by atoms with E-state index in [-0.39, 0.29) is 16.8 Å². The molecule has 1 heterocycles. The van der Waals surface area contributed by atoms with Gasteiger partial charge in [-0.2, -0.15) is 0 Å². The van der Waals surface area contributed by atoms with Gasteiger partial charge in [0.05, 0.1) is 6.61 Å². The van der Waals surface area contributed by atoms with E-state index in [0.717, 1.165) is 0 Å². The van der Waals surface area contributed by atoms with Crippen LogP contribution in [0.15, 0.2) is 0 Å². The molecule has 0 saturated carbocycles. The molecule has 1 rings (SSSR count). The molecule has 0 aromatic heterocycles. The lowest BCUT2D eigenvalue weighted by molar-refractivity contribution is 0.0966. The predicted octanol–water partition coefficient (Wildman–Crippen LogP) is 0.879. The summed E-state index contributed by atoms with van der Waals surface area (Å²) in [6.45, 7) is 3.16. The highest BCUT2D eigenvalue weighted by Gasteiger charge is 2.25. The van der Waals surface area contributed by atoms with Gasteiger partial charge in [0.15, 0.2) is 0 Å². The van der Waals surface area contributed by atoms with E-state index in [1.54, 1.807) is 11.8 Å². The fraction of sp³-hybridized carbons (Fsp3) is 0.889. The third kappa shape index (κ3) is 4.81. The molecule has 1 saturated heterocycles. The molecule has 0 radical (unpaired) electrons. The minimum atomic E-state index is -3.24. The van der Waals surface area contributed by atoms with Crippen molar-refractivity contribution in [2.45, 2.75) is 25.8 Å². The molecule has 0 bridgehead atoms. The number of halogens is 1. The van der Waals surface area contributed by atoms with Gasteiger partial charge in [-0.1, -0.05) is 15.9 Å². The lowest BCUT2D eigenvalue weighted by Gasteiger charge is -2.31. The maximum atomic E-state index is 11.4. The molecular formula is C9H17BrN2O4S. The molecule has 0 aliphatic carbocycles. The van der Waals surface area contributed by atoms with E-state index >= 15 is 0 Å². The monoisotopic (exact) mass is 328 g/mol. The molecule has 1 N–H and O–H groups in total. The van der Waals surface area contributed by atoms with Gasteiger partial charge in [-0.15, -0.1) is 0 Å². The van der Waals surface area contributed by atoms with Crippen molar-refractivity contribution in [3.63, 3.8) is 0 Å². The van der Waals surface area contributed by atoms with Crippen LogP contribution in [-0.4, -0.2) is 49.8 Å². The van der Waals surface area contributed by atoms with Crippen molar-refractivity contribution in [1.82, 2.24) is 9.62 Å². The summed E-state index contributed by atoms with van der Waals surface area (Å²) < 4.78 is 30.0. The fourth-order valence-corrected chi connectivity index (χ4v) is 2.88. The number of ether oxygens (including phenoxy) is 1. The van der Waals surface area contributed by atoms with E-state index in [1.165, 1.54) is 0 Å². The average Bonchev–Trinajstić information content (AvgIpc) is 2.30. The summed E-state index contributed by atoms with van der Waals surface area (Å²) in [4.78, 5) is 13.0. The summed E-state index contributed by atoms with van der Waals surface area (Å²) in [6, 6.07) is -0.0942. The number of carbonyl (C=O) groups excluding carboxylic acids is 1. The molecule has 17 heavy (non-hydrogen) atoms. The molecule has 0 unspecified atom stereocenters. The first-order valence-electron chi connectivity index (χ1n) is 5.46. The molecule has 1 amide bonds.